The van der Waals surface area contributed by atoms with Gasteiger partial charge in [0.2, 0.25) is 0 Å². The van der Waals surface area contributed by atoms with Gasteiger partial charge in [-0.1, -0.05) is 12.1 Å². The van der Waals surface area contributed by atoms with Gasteiger partial charge in [-0.15, -0.1) is 0 Å². The first-order valence-electron chi connectivity index (χ1n) is 8.58. The molecule has 0 bridgehead atoms. The minimum atomic E-state index is -0.598. The van der Waals surface area contributed by atoms with E-state index in [4.69, 9.17) is 10.5 Å². The van der Waals surface area contributed by atoms with Crippen molar-refractivity contribution in [3.8, 4) is 11.8 Å². The lowest BCUT2D eigenvalue weighted by molar-refractivity contribution is 0.0593. The molecule has 1 aliphatic carbocycles. The number of para-hydroxylation sites is 2. The Balaban J connectivity index is 2.00. The summed E-state index contributed by atoms with van der Waals surface area (Å²) in [6.07, 6.45) is 4.60. The zero-order chi connectivity index (χ0) is 18.7. The summed E-state index contributed by atoms with van der Waals surface area (Å²) >= 11 is 0. The van der Waals surface area contributed by atoms with Crippen LogP contribution in [0.25, 0.3) is 5.69 Å². The molecule has 0 radical (unpaired) electrons. The summed E-state index contributed by atoms with van der Waals surface area (Å²) < 4.78 is 6.44. The van der Waals surface area contributed by atoms with E-state index in [0.29, 0.717) is 5.69 Å². The number of hydrogen-bond acceptors (Lipinski definition) is 6. The third-order valence-corrected chi connectivity index (χ3v) is 4.76. The van der Waals surface area contributed by atoms with E-state index in [1.165, 1.54) is 7.11 Å². The number of hydrogen-bond donors (Lipinski definition) is 3. The van der Waals surface area contributed by atoms with Crippen LogP contribution < -0.4 is 11.1 Å². The van der Waals surface area contributed by atoms with Crippen LogP contribution in [0.1, 0.15) is 41.7 Å². The maximum atomic E-state index is 12.2. The number of ether oxygens (including phenoxy) is 1. The average molecular weight is 354 g/mol. The molecule has 7 heteroatoms. The molecule has 1 aromatic carbocycles. The second-order valence-corrected chi connectivity index (χ2v) is 6.45. The molecule has 0 unspecified atom stereocenters. The van der Waals surface area contributed by atoms with Gasteiger partial charge in [0.25, 0.3) is 0 Å². The molecule has 0 aliphatic heterocycles. The van der Waals surface area contributed by atoms with Crippen LogP contribution in [0.4, 0.5) is 11.4 Å². The largest absolute Gasteiger partial charge is 0.464 e. The molecule has 26 heavy (non-hydrogen) atoms. The maximum Gasteiger partial charge on any atom is 0.357 e. The Bertz CT molecular complexity index is 845. The highest BCUT2D eigenvalue weighted by molar-refractivity contribution is 5.96. The van der Waals surface area contributed by atoms with Crippen molar-refractivity contribution in [3.05, 3.63) is 41.7 Å². The normalized spacial score (nSPS) is 19.6. The molecule has 3 rings (SSSR count). The number of nitrogens with one attached hydrogen (secondary N) is 1. The molecule has 7 nitrogen and oxygen atoms in total. The fraction of sp³-hybridized carbons (Fsp3) is 0.368. The fourth-order valence-corrected chi connectivity index (χ4v) is 3.35. The molecule has 1 aromatic heterocycles. The quantitative estimate of drug-likeness (QED) is 0.727. The second kappa shape index (κ2) is 7.50. The van der Waals surface area contributed by atoms with E-state index in [0.717, 1.165) is 31.4 Å². The number of aliphatic hydroxyl groups is 1. The smallest absolute Gasteiger partial charge is 0.357 e. The highest BCUT2D eigenvalue weighted by atomic mass is 16.5. The Hall–Kier alpha value is -2.98. The minimum absolute atomic E-state index is 0.106. The number of anilines is 2. The molecule has 0 atom stereocenters. The van der Waals surface area contributed by atoms with Crippen molar-refractivity contribution >= 4 is 17.3 Å². The van der Waals surface area contributed by atoms with Gasteiger partial charge < -0.3 is 25.5 Å². The molecule has 0 amide bonds. The summed E-state index contributed by atoms with van der Waals surface area (Å²) in [6.45, 7) is 0. The van der Waals surface area contributed by atoms with Crippen molar-refractivity contribution in [2.75, 3.05) is 18.2 Å². The predicted molar refractivity (Wildman–Crippen MR) is 98.1 cm³/mol. The predicted octanol–water partition coefficient (Wildman–Crippen LogP) is 2.43. The summed E-state index contributed by atoms with van der Waals surface area (Å²) in [5.41, 5.74) is 8.00. The van der Waals surface area contributed by atoms with Crippen LogP contribution in [0, 0.1) is 11.3 Å². The molecule has 2 aromatic rings. The Morgan fingerprint density at radius 1 is 1.35 bits per heavy atom. The summed E-state index contributed by atoms with van der Waals surface area (Å²) in [7, 11) is 1.28. The highest BCUT2D eigenvalue weighted by Crippen LogP contribution is 2.30. The third kappa shape index (κ3) is 3.37. The van der Waals surface area contributed by atoms with E-state index in [1.54, 1.807) is 10.8 Å². The van der Waals surface area contributed by atoms with Crippen molar-refractivity contribution in [1.29, 1.82) is 5.26 Å². The summed E-state index contributed by atoms with van der Waals surface area (Å²) in [6, 6.07) is 9.78. The molecule has 4 N–H and O–H groups in total. The van der Waals surface area contributed by atoms with Crippen molar-refractivity contribution in [2.24, 2.45) is 0 Å². The Morgan fingerprint density at radius 2 is 2.04 bits per heavy atom. The van der Waals surface area contributed by atoms with Gasteiger partial charge in [0.15, 0.2) is 5.69 Å². The first-order chi connectivity index (χ1) is 12.5. The van der Waals surface area contributed by atoms with Gasteiger partial charge in [-0.25, -0.2) is 4.79 Å². The Morgan fingerprint density at radius 3 is 2.69 bits per heavy atom. The molecule has 1 aliphatic rings. The maximum absolute atomic E-state index is 12.2. The first-order valence-corrected chi connectivity index (χ1v) is 8.58. The SMILES string of the molecule is COC(=O)c1c(N)c(C#N)cn1-c1ccccc1NC1CCC(O)CC1. The van der Waals surface area contributed by atoms with E-state index in [9.17, 15) is 15.2 Å². The Labute approximate surface area is 152 Å². The zero-order valence-electron chi connectivity index (χ0n) is 14.6. The molecular weight excluding hydrogens is 332 g/mol. The number of nitrogens with two attached hydrogens (primary N) is 1. The number of aromatic nitrogens is 1. The number of benzene rings is 1. The van der Waals surface area contributed by atoms with E-state index >= 15 is 0 Å². The first kappa shape index (κ1) is 17.8. The minimum Gasteiger partial charge on any atom is -0.464 e. The van der Waals surface area contributed by atoms with E-state index in [-0.39, 0.29) is 29.1 Å². The molecule has 1 fully saturated rings. The standard InChI is InChI=1S/C19H22N4O3/c1-26-19(25)18-17(21)12(10-20)11-23(18)16-5-3-2-4-15(16)22-13-6-8-14(24)9-7-13/h2-5,11,13-14,22,24H,6-9,21H2,1H3. The van der Waals surface area contributed by atoms with Crippen LogP contribution in [-0.2, 0) is 4.74 Å². The number of carbonyl (C=O) groups is 1. The van der Waals surface area contributed by atoms with E-state index < -0.39 is 5.97 Å². The molecule has 0 saturated heterocycles. The number of carbonyl (C=O) groups excluding carboxylic acids is 1. The zero-order valence-corrected chi connectivity index (χ0v) is 14.6. The monoisotopic (exact) mass is 354 g/mol. The number of methoxy groups -OCH3 is 1. The number of rotatable bonds is 4. The molecule has 1 heterocycles. The number of aliphatic hydroxyl groups excluding tert-OH is 1. The third-order valence-electron chi connectivity index (χ3n) is 4.76. The van der Waals surface area contributed by atoms with Crippen molar-refractivity contribution in [2.45, 2.75) is 37.8 Å². The topological polar surface area (TPSA) is 113 Å². The van der Waals surface area contributed by atoms with Crippen molar-refractivity contribution in [1.82, 2.24) is 4.57 Å². The molecule has 0 spiro atoms. The number of nitriles is 1. The van der Waals surface area contributed by atoms with E-state index in [2.05, 4.69) is 5.32 Å². The van der Waals surface area contributed by atoms with Gasteiger partial charge in [0, 0.05) is 12.2 Å². The van der Waals surface area contributed by atoms with Crippen LogP contribution in [0.2, 0.25) is 0 Å². The van der Waals surface area contributed by atoms with Crippen LogP contribution in [0.5, 0.6) is 0 Å². The van der Waals surface area contributed by atoms with Crippen LogP contribution in [0.3, 0.4) is 0 Å². The molecule has 1 saturated carbocycles. The Kier molecular flexibility index (Phi) is 5.14. The van der Waals surface area contributed by atoms with Crippen molar-refractivity contribution in [3.63, 3.8) is 0 Å². The van der Waals surface area contributed by atoms with Crippen LogP contribution in [-0.4, -0.2) is 34.9 Å². The summed E-state index contributed by atoms with van der Waals surface area (Å²) in [4.78, 5) is 12.2. The summed E-state index contributed by atoms with van der Waals surface area (Å²) in [5.74, 6) is -0.598. The van der Waals surface area contributed by atoms with Gasteiger partial charge >= 0.3 is 5.97 Å². The van der Waals surface area contributed by atoms with Gasteiger partial charge in [0.1, 0.15) is 6.07 Å². The van der Waals surface area contributed by atoms with Gasteiger partial charge in [0.05, 0.1) is 35.8 Å². The van der Waals surface area contributed by atoms with Crippen molar-refractivity contribution < 1.29 is 14.6 Å². The van der Waals surface area contributed by atoms with Crippen LogP contribution in [0.15, 0.2) is 30.5 Å². The lowest BCUT2D eigenvalue weighted by Gasteiger charge is -2.28. The average Bonchev–Trinajstić information content (AvgIpc) is 2.99. The molecule has 136 valence electrons. The fourth-order valence-electron chi connectivity index (χ4n) is 3.35. The van der Waals surface area contributed by atoms with Gasteiger partial charge in [-0.3, -0.25) is 0 Å². The number of esters is 1. The van der Waals surface area contributed by atoms with Crippen LogP contribution >= 0.6 is 0 Å². The highest BCUT2D eigenvalue weighted by Gasteiger charge is 2.24. The lowest BCUT2D eigenvalue weighted by atomic mass is 9.93. The summed E-state index contributed by atoms with van der Waals surface area (Å²) in [5, 5.41) is 22.5. The second-order valence-electron chi connectivity index (χ2n) is 6.45. The number of nitrogens with zero attached hydrogens (tertiary/aromatic N) is 2. The molecular formula is C19H22N4O3. The van der Waals surface area contributed by atoms with Gasteiger partial charge in [-0.05, 0) is 37.8 Å². The van der Waals surface area contributed by atoms with Gasteiger partial charge in [-0.2, -0.15) is 5.26 Å². The lowest BCUT2D eigenvalue weighted by Crippen LogP contribution is -2.28. The number of nitrogen functional groups attached to an aromatic ring is 1. The van der Waals surface area contributed by atoms with E-state index in [1.807, 2.05) is 30.3 Å².